The third-order valence-electron chi connectivity index (χ3n) is 2.50. The molecule has 1 heterocycles. The summed E-state index contributed by atoms with van der Waals surface area (Å²) in [4.78, 5) is 34.8. The number of allylic oxidation sites excluding steroid dienone is 2. The molecule has 20 heavy (non-hydrogen) atoms. The fourth-order valence-electron chi connectivity index (χ4n) is 1.60. The first kappa shape index (κ1) is 14.1. The number of thioether (sulfide) groups is 1. The molecular formula is C14H11NO4S. The SMILES string of the molecule is O=C(O)CN1C(=O)S/C(=C/C=C/c2ccccc2)C1=O. The van der Waals surface area contributed by atoms with Crippen LogP contribution in [0.1, 0.15) is 5.56 Å². The second kappa shape index (κ2) is 6.21. The van der Waals surface area contributed by atoms with E-state index in [-0.39, 0.29) is 4.91 Å². The highest BCUT2D eigenvalue weighted by atomic mass is 32.2. The molecule has 0 spiro atoms. The largest absolute Gasteiger partial charge is 0.480 e. The Morgan fingerprint density at radius 1 is 1.25 bits per heavy atom. The number of benzene rings is 1. The zero-order chi connectivity index (χ0) is 14.5. The summed E-state index contributed by atoms with van der Waals surface area (Å²) in [5.41, 5.74) is 0.966. The van der Waals surface area contributed by atoms with E-state index >= 15 is 0 Å². The summed E-state index contributed by atoms with van der Waals surface area (Å²) >= 11 is 0.743. The van der Waals surface area contributed by atoms with E-state index in [4.69, 9.17) is 5.11 Å². The predicted octanol–water partition coefficient (Wildman–Crippen LogP) is 2.36. The first-order valence-corrected chi connectivity index (χ1v) is 6.58. The molecule has 1 aromatic carbocycles. The molecule has 2 rings (SSSR count). The predicted molar refractivity (Wildman–Crippen MR) is 75.9 cm³/mol. The summed E-state index contributed by atoms with van der Waals surface area (Å²) in [6.45, 7) is -0.607. The first-order chi connectivity index (χ1) is 9.58. The lowest BCUT2D eigenvalue weighted by molar-refractivity contribution is -0.140. The van der Waals surface area contributed by atoms with Gasteiger partial charge in [0, 0.05) is 0 Å². The number of rotatable bonds is 4. The second-order valence-electron chi connectivity index (χ2n) is 3.95. The van der Waals surface area contributed by atoms with Gasteiger partial charge < -0.3 is 5.11 Å². The number of carbonyl (C=O) groups is 3. The van der Waals surface area contributed by atoms with Gasteiger partial charge in [-0.1, -0.05) is 42.5 Å². The van der Waals surface area contributed by atoms with E-state index in [9.17, 15) is 14.4 Å². The summed E-state index contributed by atoms with van der Waals surface area (Å²) in [6.07, 6.45) is 4.97. The molecule has 1 aromatic rings. The van der Waals surface area contributed by atoms with Gasteiger partial charge in [-0.2, -0.15) is 0 Å². The molecule has 6 heteroatoms. The maximum absolute atomic E-state index is 11.8. The minimum atomic E-state index is -1.21. The Morgan fingerprint density at radius 3 is 2.60 bits per heavy atom. The summed E-state index contributed by atoms with van der Waals surface area (Å²) in [5, 5.41) is 8.07. The number of imide groups is 1. The van der Waals surface area contributed by atoms with Crippen molar-refractivity contribution in [3.63, 3.8) is 0 Å². The minimum Gasteiger partial charge on any atom is -0.480 e. The third kappa shape index (κ3) is 3.36. The van der Waals surface area contributed by atoms with E-state index in [1.54, 1.807) is 12.2 Å². The fourth-order valence-corrected chi connectivity index (χ4v) is 2.39. The highest BCUT2D eigenvalue weighted by Gasteiger charge is 2.35. The Labute approximate surface area is 119 Å². The Morgan fingerprint density at radius 2 is 1.95 bits per heavy atom. The van der Waals surface area contributed by atoms with Crippen molar-refractivity contribution in [3.8, 4) is 0 Å². The standard InChI is InChI=1S/C14H11NO4S/c16-12(17)9-15-13(18)11(20-14(15)19)8-4-7-10-5-2-1-3-6-10/h1-8H,9H2,(H,16,17)/b7-4+,11-8+. The van der Waals surface area contributed by atoms with Crippen LogP contribution in [0.3, 0.4) is 0 Å². The van der Waals surface area contributed by atoms with Crippen molar-refractivity contribution in [2.75, 3.05) is 6.54 Å². The number of amides is 2. The molecule has 0 radical (unpaired) electrons. The lowest BCUT2D eigenvalue weighted by atomic mass is 10.2. The molecule has 1 saturated heterocycles. The van der Waals surface area contributed by atoms with Crippen molar-refractivity contribution in [2.45, 2.75) is 0 Å². The van der Waals surface area contributed by atoms with Crippen molar-refractivity contribution in [3.05, 3.63) is 53.0 Å². The van der Waals surface area contributed by atoms with Crippen molar-refractivity contribution >= 4 is 35.0 Å². The average Bonchev–Trinajstić information content (AvgIpc) is 2.67. The van der Waals surface area contributed by atoms with Gasteiger partial charge >= 0.3 is 5.97 Å². The van der Waals surface area contributed by atoms with Gasteiger partial charge in [0.1, 0.15) is 6.54 Å². The molecular weight excluding hydrogens is 278 g/mol. The average molecular weight is 289 g/mol. The van der Waals surface area contributed by atoms with E-state index in [1.165, 1.54) is 6.08 Å². The van der Waals surface area contributed by atoms with E-state index in [0.717, 1.165) is 22.2 Å². The lowest BCUT2D eigenvalue weighted by Gasteiger charge is -2.07. The maximum atomic E-state index is 11.8. The number of aliphatic carboxylic acids is 1. The molecule has 0 aliphatic carbocycles. The van der Waals surface area contributed by atoms with Gasteiger partial charge in [0.15, 0.2) is 0 Å². The highest BCUT2D eigenvalue weighted by Crippen LogP contribution is 2.30. The summed E-state index contributed by atoms with van der Waals surface area (Å²) in [5.74, 6) is -1.78. The minimum absolute atomic E-state index is 0.225. The van der Waals surface area contributed by atoms with Crippen LogP contribution in [0.25, 0.3) is 6.08 Å². The van der Waals surface area contributed by atoms with Crippen LogP contribution < -0.4 is 0 Å². The van der Waals surface area contributed by atoms with Crippen LogP contribution in [0.15, 0.2) is 47.4 Å². The van der Waals surface area contributed by atoms with Gasteiger partial charge in [-0.25, -0.2) is 0 Å². The molecule has 1 N–H and O–H groups in total. The smallest absolute Gasteiger partial charge is 0.323 e. The van der Waals surface area contributed by atoms with Crippen LogP contribution >= 0.6 is 11.8 Å². The first-order valence-electron chi connectivity index (χ1n) is 5.77. The molecule has 1 aliphatic rings. The zero-order valence-electron chi connectivity index (χ0n) is 10.4. The quantitative estimate of drug-likeness (QED) is 0.861. The number of hydrogen-bond donors (Lipinski definition) is 1. The fraction of sp³-hybridized carbons (Fsp3) is 0.0714. The monoisotopic (exact) mass is 289 g/mol. The van der Waals surface area contributed by atoms with Crippen LogP contribution in [0, 0.1) is 0 Å². The van der Waals surface area contributed by atoms with Crippen molar-refractivity contribution < 1.29 is 19.5 Å². The molecule has 0 bridgehead atoms. The van der Waals surface area contributed by atoms with Gasteiger partial charge in [-0.15, -0.1) is 0 Å². The van der Waals surface area contributed by atoms with Gasteiger partial charge in [0.25, 0.3) is 11.1 Å². The van der Waals surface area contributed by atoms with E-state index in [0.29, 0.717) is 0 Å². The van der Waals surface area contributed by atoms with E-state index < -0.39 is 23.7 Å². The molecule has 0 saturated carbocycles. The van der Waals surface area contributed by atoms with Crippen LogP contribution in [0.2, 0.25) is 0 Å². The maximum Gasteiger partial charge on any atom is 0.323 e. The van der Waals surface area contributed by atoms with Crippen LogP contribution in [0.5, 0.6) is 0 Å². The number of carboxylic acids is 1. The number of carbonyl (C=O) groups excluding carboxylic acids is 2. The molecule has 1 aliphatic heterocycles. The summed E-state index contributed by atoms with van der Waals surface area (Å²) in [7, 11) is 0. The third-order valence-corrected chi connectivity index (χ3v) is 3.43. The molecule has 0 aromatic heterocycles. The van der Waals surface area contributed by atoms with Crippen molar-refractivity contribution in [2.24, 2.45) is 0 Å². The van der Waals surface area contributed by atoms with Crippen molar-refractivity contribution in [1.82, 2.24) is 4.90 Å². The summed E-state index contributed by atoms with van der Waals surface area (Å²) < 4.78 is 0. The Hall–Kier alpha value is -2.34. The zero-order valence-corrected chi connectivity index (χ0v) is 11.2. The van der Waals surface area contributed by atoms with Gasteiger partial charge in [-0.3, -0.25) is 19.3 Å². The summed E-state index contributed by atoms with van der Waals surface area (Å²) in [6, 6.07) is 9.48. The lowest BCUT2D eigenvalue weighted by Crippen LogP contribution is -2.33. The Bertz CT molecular complexity index is 607. The van der Waals surface area contributed by atoms with E-state index in [1.807, 2.05) is 30.3 Å². The van der Waals surface area contributed by atoms with Crippen LogP contribution in [-0.4, -0.2) is 33.7 Å². The Kier molecular flexibility index (Phi) is 4.37. The number of hydrogen-bond acceptors (Lipinski definition) is 4. The molecule has 2 amide bonds. The molecule has 5 nitrogen and oxygen atoms in total. The second-order valence-corrected chi connectivity index (χ2v) is 4.95. The normalized spacial score (nSPS) is 17.4. The number of nitrogens with zero attached hydrogens (tertiary/aromatic N) is 1. The van der Waals surface area contributed by atoms with Gasteiger partial charge in [0.05, 0.1) is 4.91 Å². The Balaban J connectivity index is 2.08. The molecule has 0 unspecified atom stereocenters. The molecule has 0 atom stereocenters. The topological polar surface area (TPSA) is 74.7 Å². The molecule has 102 valence electrons. The number of carboxylic acid groups (broad SMARTS) is 1. The highest BCUT2D eigenvalue weighted by molar-refractivity contribution is 8.18. The molecule has 1 fully saturated rings. The van der Waals surface area contributed by atoms with Crippen LogP contribution in [-0.2, 0) is 9.59 Å². The van der Waals surface area contributed by atoms with Gasteiger partial charge in [0.2, 0.25) is 0 Å². The van der Waals surface area contributed by atoms with Crippen LogP contribution in [0.4, 0.5) is 4.79 Å². The van der Waals surface area contributed by atoms with Gasteiger partial charge in [-0.05, 0) is 23.4 Å². The van der Waals surface area contributed by atoms with E-state index in [2.05, 4.69) is 0 Å². The van der Waals surface area contributed by atoms with Crippen molar-refractivity contribution in [1.29, 1.82) is 0 Å².